The zero-order valence-electron chi connectivity index (χ0n) is 19.1. The van der Waals surface area contributed by atoms with Crippen LogP contribution in [-0.4, -0.2) is 0 Å². The van der Waals surface area contributed by atoms with Gasteiger partial charge in [-0.25, -0.2) is 0 Å². The van der Waals surface area contributed by atoms with E-state index >= 15 is 0 Å². The van der Waals surface area contributed by atoms with E-state index in [9.17, 15) is 0 Å². The van der Waals surface area contributed by atoms with Gasteiger partial charge in [-0.2, -0.15) is 0 Å². The van der Waals surface area contributed by atoms with Crippen molar-refractivity contribution in [1.29, 1.82) is 0 Å². The molecule has 2 aliphatic rings. The molecular weight excluding hydrogens is 412 g/mol. The summed E-state index contributed by atoms with van der Waals surface area (Å²) < 4.78 is 0. The molecular formula is C32H26N2. The fourth-order valence-electron chi connectivity index (χ4n) is 6.00. The highest BCUT2D eigenvalue weighted by atomic mass is 14.9. The first-order chi connectivity index (χ1) is 16.9. The topological polar surface area (TPSA) is 24.1 Å². The van der Waals surface area contributed by atoms with Gasteiger partial charge in [0.25, 0.3) is 0 Å². The van der Waals surface area contributed by atoms with Gasteiger partial charge in [0.05, 0.1) is 0 Å². The van der Waals surface area contributed by atoms with Crippen molar-refractivity contribution in [2.24, 2.45) is 0 Å². The van der Waals surface area contributed by atoms with Crippen molar-refractivity contribution < 1.29 is 0 Å². The lowest BCUT2D eigenvalue weighted by Crippen LogP contribution is -2.18. The zero-order valence-corrected chi connectivity index (χ0v) is 19.1. The van der Waals surface area contributed by atoms with E-state index in [1.165, 1.54) is 65.3 Å². The van der Waals surface area contributed by atoms with E-state index in [1.54, 1.807) is 0 Å². The Morgan fingerprint density at radius 3 is 0.647 bits per heavy atom. The van der Waals surface area contributed by atoms with Gasteiger partial charge in [0, 0.05) is 26.2 Å². The van der Waals surface area contributed by atoms with Crippen LogP contribution in [0.1, 0.15) is 22.3 Å². The van der Waals surface area contributed by atoms with Gasteiger partial charge in [0.15, 0.2) is 0 Å². The van der Waals surface area contributed by atoms with Crippen LogP contribution >= 0.6 is 0 Å². The molecule has 0 aliphatic carbocycles. The number of fused-ring (bicyclic) bond motifs is 5. The number of hydrogen-bond acceptors (Lipinski definition) is 2. The minimum absolute atomic E-state index is 0.832. The molecule has 0 saturated heterocycles. The molecule has 0 fully saturated rings. The lowest BCUT2D eigenvalue weighted by atomic mass is 9.89. The van der Waals surface area contributed by atoms with Crippen LogP contribution in [0.4, 0.5) is 0 Å². The molecule has 0 spiro atoms. The number of hydrogen-bond donors (Lipinski definition) is 2. The smallest absolute Gasteiger partial charge is 0.0221 e. The molecule has 6 aromatic rings. The molecule has 34 heavy (non-hydrogen) atoms. The molecule has 0 amide bonds. The molecule has 0 atom stereocenters. The van der Waals surface area contributed by atoms with Gasteiger partial charge in [-0.15, -0.1) is 0 Å². The molecule has 4 bridgehead atoms. The fourth-order valence-corrected chi connectivity index (χ4v) is 6.00. The first-order valence-electron chi connectivity index (χ1n) is 12.1. The highest BCUT2D eigenvalue weighted by Gasteiger charge is 2.17. The zero-order chi connectivity index (χ0) is 22.5. The second kappa shape index (κ2) is 7.95. The van der Waals surface area contributed by atoms with Crippen molar-refractivity contribution in [1.82, 2.24) is 10.6 Å². The molecule has 164 valence electrons. The quantitative estimate of drug-likeness (QED) is 0.245. The predicted octanol–water partition coefficient (Wildman–Crippen LogP) is 7.19. The molecule has 0 unspecified atom stereocenters. The Bertz CT molecular complexity index is 1350. The third-order valence-electron chi connectivity index (χ3n) is 7.52. The van der Waals surface area contributed by atoms with Crippen LogP contribution in [0.25, 0.3) is 43.1 Å². The lowest BCUT2D eigenvalue weighted by Gasteiger charge is -2.21. The van der Waals surface area contributed by atoms with E-state index in [2.05, 4.69) is 108 Å². The minimum Gasteiger partial charge on any atom is -0.309 e. The molecule has 2 aliphatic heterocycles. The van der Waals surface area contributed by atoms with Crippen LogP contribution in [0, 0.1) is 0 Å². The maximum atomic E-state index is 3.85. The molecule has 6 aromatic carbocycles. The molecule has 2 nitrogen and oxygen atoms in total. The average Bonchev–Trinajstić information content (AvgIpc) is 2.90. The SMILES string of the molecule is c1ccc2c3c4ccccc4c(c2c1)CNCc1c2ccccc2c(c2ccccc12)CNC3. The van der Waals surface area contributed by atoms with Crippen molar-refractivity contribution in [3.63, 3.8) is 0 Å². The van der Waals surface area contributed by atoms with Crippen LogP contribution in [0.15, 0.2) is 97.1 Å². The summed E-state index contributed by atoms with van der Waals surface area (Å²) in [5.41, 5.74) is 5.55. The first-order valence-corrected chi connectivity index (χ1v) is 12.1. The van der Waals surface area contributed by atoms with Crippen LogP contribution in [-0.2, 0) is 26.2 Å². The lowest BCUT2D eigenvalue weighted by molar-refractivity contribution is 0.697. The molecule has 2 N–H and O–H groups in total. The van der Waals surface area contributed by atoms with Crippen molar-refractivity contribution in [3.8, 4) is 0 Å². The number of nitrogens with one attached hydrogen (secondary N) is 2. The van der Waals surface area contributed by atoms with Crippen molar-refractivity contribution in [2.45, 2.75) is 26.2 Å². The summed E-state index contributed by atoms with van der Waals surface area (Å²) in [6, 6.07) is 35.6. The summed E-state index contributed by atoms with van der Waals surface area (Å²) in [5.74, 6) is 0. The Morgan fingerprint density at radius 1 is 0.294 bits per heavy atom. The van der Waals surface area contributed by atoms with Crippen molar-refractivity contribution in [3.05, 3.63) is 119 Å². The van der Waals surface area contributed by atoms with E-state index in [0.717, 1.165) is 26.2 Å². The van der Waals surface area contributed by atoms with Crippen molar-refractivity contribution in [2.75, 3.05) is 0 Å². The Balaban J connectivity index is 1.50. The summed E-state index contributed by atoms with van der Waals surface area (Å²) in [6.07, 6.45) is 0. The van der Waals surface area contributed by atoms with Gasteiger partial charge in [0.1, 0.15) is 0 Å². The van der Waals surface area contributed by atoms with Gasteiger partial charge in [0.2, 0.25) is 0 Å². The summed E-state index contributed by atoms with van der Waals surface area (Å²) in [7, 11) is 0. The van der Waals surface area contributed by atoms with Gasteiger partial charge < -0.3 is 10.6 Å². The third-order valence-corrected chi connectivity index (χ3v) is 7.52. The van der Waals surface area contributed by atoms with Gasteiger partial charge >= 0.3 is 0 Å². The Hall–Kier alpha value is -3.72. The summed E-state index contributed by atoms with van der Waals surface area (Å²) in [4.78, 5) is 0. The second-order valence-electron chi connectivity index (χ2n) is 9.30. The first kappa shape index (κ1) is 19.7. The molecule has 2 heterocycles. The highest BCUT2D eigenvalue weighted by molar-refractivity contribution is 6.07. The fraction of sp³-hybridized carbons (Fsp3) is 0.125. The van der Waals surface area contributed by atoms with E-state index in [-0.39, 0.29) is 0 Å². The van der Waals surface area contributed by atoms with E-state index in [0.29, 0.717) is 0 Å². The normalized spacial score (nSPS) is 14.4. The summed E-state index contributed by atoms with van der Waals surface area (Å²) in [5, 5.41) is 18.5. The van der Waals surface area contributed by atoms with Crippen LogP contribution < -0.4 is 10.6 Å². The van der Waals surface area contributed by atoms with E-state index in [4.69, 9.17) is 0 Å². The largest absolute Gasteiger partial charge is 0.309 e. The standard InChI is InChI=1S/C32H26N2/c1-2-10-22-21(9-1)29-17-33-19-31-25-13-5-7-15-27(25)32(28-16-8-6-14-26(28)31)20-34-18-30(22)24-12-4-3-11-23(24)29/h1-16,33-34H,17-20H2. The van der Waals surface area contributed by atoms with Gasteiger partial charge in [-0.3, -0.25) is 0 Å². The predicted molar refractivity (Wildman–Crippen MR) is 144 cm³/mol. The van der Waals surface area contributed by atoms with Crippen molar-refractivity contribution >= 4 is 43.1 Å². The Kier molecular flexibility index (Phi) is 4.61. The molecule has 0 radical (unpaired) electrons. The molecule has 0 aromatic heterocycles. The molecule has 8 rings (SSSR count). The van der Waals surface area contributed by atoms with Crippen LogP contribution in [0.3, 0.4) is 0 Å². The van der Waals surface area contributed by atoms with Gasteiger partial charge in [-0.05, 0) is 65.3 Å². The Morgan fingerprint density at radius 2 is 0.471 bits per heavy atom. The maximum absolute atomic E-state index is 3.85. The monoisotopic (exact) mass is 438 g/mol. The van der Waals surface area contributed by atoms with Gasteiger partial charge in [-0.1, -0.05) is 97.1 Å². The van der Waals surface area contributed by atoms with E-state index in [1.807, 2.05) is 0 Å². The van der Waals surface area contributed by atoms with Crippen LogP contribution in [0.5, 0.6) is 0 Å². The number of benzene rings is 6. The Labute approximate surface area is 199 Å². The molecule has 0 saturated carbocycles. The maximum Gasteiger partial charge on any atom is 0.0221 e. The summed E-state index contributed by atoms with van der Waals surface area (Å²) in [6.45, 7) is 3.33. The summed E-state index contributed by atoms with van der Waals surface area (Å²) >= 11 is 0. The molecule has 2 heteroatoms. The van der Waals surface area contributed by atoms with E-state index < -0.39 is 0 Å². The number of rotatable bonds is 0. The highest BCUT2D eigenvalue weighted by Crippen LogP contribution is 2.36. The van der Waals surface area contributed by atoms with Crippen LogP contribution in [0.2, 0.25) is 0 Å². The third kappa shape index (κ3) is 2.96. The second-order valence-corrected chi connectivity index (χ2v) is 9.30. The minimum atomic E-state index is 0.832. The average molecular weight is 439 g/mol.